The van der Waals surface area contributed by atoms with Crippen LogP contribution in [-0.4, -0.2) is 66.7 Å². The lowest BCUT2D eigenvalue weighted by Crippen LogP contribution is -2.44. The average Bonchev–Trinajstić information content (AvgIpc) is 3.49. The molecule has 1 aromatic carbocycles. The van der Waals surface area contributed by atoms with Gasteiger partial charge in [-0.1, -0.05) is 12.1 Å². The van der Waals surface area contributed by atoms with Gasteiger partial charge in [-0.15, -0.1) is 0 Å². The molecule has 4 aromatic rings. The Labute approximate surface area is 242 Å². The number of ketones is 1. The Hall–Kier alpha value is -4.52. The zero-order valence-electron chi connectivity index (χ0n) is 22.1. The molecule has 1 fully saturated rings. The number of pyridine rings is 1. The molecule has 210 valence electrons. The lowest BCUT2D eigenvalue weighted by Gasteiger charge is -2.24. The van der Waals surface area contributed by atoms with E-state index in [0.717, 1.165) is 5.56 Å². The summed E-state index contributed by atoms with van der Waals surface area (Å²) in [7, 11) is 0. The van der Waals surface area contributed by atoms with Crippen molar-refractivity contribution >= 4 is 62.1 Å². The van der Waals surface area contributed by atoms with Gasteiger partial charge in [0, 0.05) is 54.0 Å². The molecule has 2 atom stereocenters. The fourth-order valence-corrected chi connectivity index (χ4v) is 5.16. The van der Waals surface area contributed by atoms with Crippen molar-refractivity contribution in [2.45, 2.75) is 39.0 Å². The number of amides is 3. The minimum Gasteiger partial charge on any atom is -0.337 e. The zero-order chi connectivity index (χ0) is 29.3. The highest BCUT2D eigenvalue weighted by molar-refractivity contribution is 9.10. The first kappa shape index (κ1) is 28.0. The summed E-state index contributed by atoms with van der Waals surface area (Å²) in [5.41, 5.74) is 2.43. The number of benzene rings is 1. The number of hydrogen-bond acceptors (Lipinski definition) is 7. The van der Waals surface area contributed by atoms with Crippen LogP contribution in [-0.2, 0) is 20.9 Å². The molecule has 0 radical (unpaired) electrons. The Kier molecular flexibility index (Phi) is 7.88. The van der Waals surface area contributed by atoms with Gasteiger partial charge in [0.1, 0.15) is 29.2 Å². The van der Waals surface area contributed by atoms with Crippen LogP contribution in [0.2, 0.25) is 0 Å². The van der Waals surface area contributed by atoms with Crippen molar-refractivity contribution < 1.29 is 23.6 Å². The van der Waals surface area contributed by atoms with E-state index in [4.69, 9.17) is 0 Å². The van der Waals surface area contributed by atoms with Crippen LogP contribution >= 0.6 is 15.9 Å². The summed E-state index contributed by atoms with van der Waals surface area (Å²) in [4.78, 5) is 63.8. The molecule has 0 aliphatic carbocycles. The number of fused-ring (bicyclic) bond motifs is 1. The number of Topliss-reactive ketones (excluding diaryl/α,β-unsaturated/α-hetero) is 1. The number of nitrogens with zero attached hydrogens (tertiary/aromatic N) is 5. The molecule has 41 heavy (non-hydrogen) atoms. The smallest absolute Gasteiger partial charge is 0.248 e. The lowest BCUT2D eigenvalue weighted by molar-refractivity contribution is -0.137. The maximum atomic E-state index is 14.5. The van der Waals surface area contributed by atoms with Crippen molar-refractivity contribution in [3.8, 4) is 11.1 Å². The van der Waals surface area contributed by atoms with Gasteiger partial charge in [-0.2, -0.15) is 0 Å². The number of aromatic nitrogens is 4. The molecule has 5 rings (SSSR count). The zero-order valence-corrected chi connectivity index (χ0v) is 23.7. The normalized spacial score (nSPS) is 16.5. The van der Waals surface area contributed by atoms with Gasteiger partial charge in [-0.25, -0.2) is 19.3 Å². The largest absolute Gasteiger partial charge is 0.337 e. The third-order valence-electron chi connectivity index (χ3n) is 6.68. The fraction of sp³-hybridized carbons (Fsp3) is 0.250. The van der Waals surface area contributed by atoms with E-state index < -0.39 is 24.0 Å². The van der Waals surface area contributed by atoms with Crippen LogP contribution in [0.4, 0.5) is 16.2 Å². The first-order valence-electron chi connectivity index (χ1n) is 12.7. The van der Waals surface area contributed by atoms with Crippen molar-refractivity contribution in [1.29, 1.82) is 0 Å². The van der Waals surface area contributed by atoms with Gasteiger partial charge < -0.3 is 14.8 Å². The van der Waals surface area contributed by atoms with Crippen molar-refractivity contribution in [3.05, 3.63) is 65.2 Å². The first-order chi connectivity index (χ1) is 19.6. The second kappa shape index (κ2) is 11.5. The van der Waals surface area contributed by atoms with E-state index in [-0.39, 0.29) is 43.0 Å². The summed E-state index contributed by atoms with van der Waals surface area (Å²) in [6.07, 6.45) is 3.24. The number of carbonyl (C=O) groups excluding carboxylic acids is 4. The van der Waals surface area contributed by atoms with Crippen LogP contribution in [0.5, 0.6) is 0 Å². The van der Waals surface area contributed by atoms with E-state index in [1.165, 1.54) is 18.7 Å². The van der Waals surface area contributed by atoms with E-state index in [2.05, 4.69) is 41.5 Å². The molecular weight excluding hydrogens is 597 g/mol. The van der Waals surface area contributed by atoms with Crippen LogP contribution in [0.25, 0.3) is 22.0 Å². The number of halogens is 2. The highest BCUT2D eigenvalue weighted by Crippen LogP contribution is 2.29. The summed E-state index contributed by atoms with van der Waals surface area (Å²) >= 11 is 3.24. The van der Waals surface area contributed by atoms with Crippen LogP contribution in [0.1, 0.15) is 30.6 Å². The Balaban J connectivity index is 1.39. The Morgan fingerprint density at radius 3 is 2.49 bits per heavy atom. The van der Waals surface area contributed by atoms with E-state index in [1.807, 2.05) is 0 Å². The highest BCUT2D eigenvalue weighted by Gasteiger charge is 2.40. The molecule has 3 aromatic heterocycles. The second-order valence-corrected chi connectivity index (χ2v) is 10.5. The van der Waals surface area contributed by atoms with Crippen molar-refractivity contribution in [2.75, 3.05) is 17.2 Å². The van der Waals surface area contributed by atoms with Crippen LogP contribution in [0.15, 0.2) is 59.6 Å². The molecule has 11 nitrogen and oxygen atoms in total. The molecule has 0 saturated carbocycles. The number of carbonyl (C=O) groups is 4. The predicted molar refractivity (Wildman–Crippen MR) is 153 cm³/mol. The molecule has 2 N–H and O–H groups in total. The van der Waals surface area contributed by atoms with Crippen molar-refractivity contribution in [3.63, 3.8) is 0 Å². The Bertz CT molecular complexity index is 1670. The molecule has 1 aliphatic rings. The minimum atomic E-state index is -1.35. The van der Waals surface area contributed by atoms with Gasteiger partial charge in [0.15, 0.2) is 5.78 Å². The van der Waals surface area contributed by atoms with E-state index in [0.29, 0.717) is 26.6 Å². The number of anilines is 2. The molecule has 1 saturated heterocycles. The van der Waals surface area contributed by atoms with Crippen molar-refractivity contribution in [2.24, 2.45) is 0 Å². The van der Waals surface area contributed by atoms with E-state index >= 15 is 0 Å². The van der Waals surface area contributed by atoms with Crippen LogP contribution < -0.4 is 10.6 Å². The number of likely N-dealkylation sites (tertiary alicyclic amines) is 1. The molecule has 0 spiro atoms. The summed E-state index contributed by atoms with van der Waals surface area (Å²) < 4.78 is 16.6. The molecule has 3 amide bonds. The molecule has 4 heterocycles. The van der Waals surface area contributed by atoms with E-state index in [1.54, 1.807) is 59.6 Å². The fourth-order valence-electron chi connectivity index (χ4n) is 4.82. The third-order valence-corrected chi connectivity index (χ3v) is 7.12. The molecule has 0 bridgehead atoms. The number of alkyl halides is 1. The first-order valence-corrected chi connectivity index (χ1v) is 13.5. The molecule has 1 aliphatic heterocycles. The molecular formula is C28H25BrFN7O4. The predicted octanol–water partition coefficient (Wildman–Crippen LogP) is 3.99. The van der Waals surface area contributed by atoms with Gasteiger partial charge in [0.25, 0.3) is 0 Å². The van der Waals surface area contributed by atoms with Gasteiger partial charge >= 0.3 is 0 Å². The number of nitrogens with one attached hydrogen (secondary N) is 2. The quantitative estimate of drug-likeness (QED) is 0.235. The highest BCUT2D eigenvalue weighted by atomic mass is 79.9. The lowest BCUT2D eigenvalue weighted by atomic mass is 10.0. The second-order valence-electron chi connectivity index (χ2n) is 9.67. The number of hydrogen-bond donors (Lipinski definition) is 2. The van der Waals surface area contributed by atoms with Crippen LogP contribution in [0, 0.1) is 0 Å². The van der Waals surface area contributed by atoms with Gasteiger partial charge in [0.05, 0.1) is 6.54 Å². The topological polar surface area (TPSA) is 139 Å². The summed E-state index contributed by atoms with van der Waals surface area (Å²) in [6.45, 7) is 2.40. The summed E-state index contributed by atoms with van der Waals surface area (Å²) in [5.74, 6) is -1.00. The minimum absolute atomic E-state index is 0.122. The monoisotopic (exact) mass is 621 g/mol. The Morgan fingerprint density at radius 2 is 1.80 bits per heavy atom. The van der Waals surface area contributed by atoms with Gasteiger partial charge in [-0.05, 0) is 52.7 Å². The van der Waals surface area contributed by atoms with Crippen molar-refractivity contribution in [1.82, 2.24) is 24.4 Å². The van der Waals surface area contributed by atoms with Gasteiger partial charge in [-0.3, -0.25) is 24.5 Å². The maximum Gasteiger partial charge on any atom is 0.248 e. The molecule has 0 unspecified atom stereocenters. The third kappa shape index (κ3) is 6.14. The summed E-state index contributed by atoms with van der Waals surface area (Å²) in [5, 5.41) is 5.78. The van der Waals surface area contributed by atoms with Gasteiger partial charge in [0.2, 0.25) is 23.7 Å². The standard InChI is InChI=1S/C28H25BrFN7O4/c1-15(38)21-13-36(22-7-6-17(8-20(21)22)18-10-31-28(32-11-18)33-16(2)39)14-26(40)37-12-19(30)9-23(37)27(41)35-25-5-3-4-24(29)34-25/h3-8,10-11,13,19,23H,9,12,14H2,1-2H3,(H,34,35,41)(H,31,32,33,39)/t19-,23+/m1/s1. The van der Waals surface area contributed by atoms with E-state index in [9.17, 15) is 23.6 Å². The number of rotatable bonds is 7. The Morgan fingerprint density at radius 1 is 1.05 bits per heavy atom. The maximum absolute atomic E-state index is 14.5. The summed E-state index contributed by atoms with van der Waals surface area (Å²) in [6, 6.07) is 9.39. The average molecular weight is 622 g/mol. The molecule has 13 heteroatoms. The SMILES string of the molecule is CC(=O)Nc1ncc(-c2ccc3c(c2)c(C(C)=O)cn3CC(=O)N2C[C@H](F)C[C@H]2C(=O)Nc2cccc(Br)n2)cn1. The van der Waals surface area contributed by atoms with Crippen LogP contribution in [0.3, 0.4) is 0 Å².